The second-order valence-corrected chi connectivity index (χ2v) is 7.30. The van der Waals surface area contributed by atoms with Crippen molar-refractivity contribution < 1.29 is 22.7 Å². The second-order valence-electron chi connectivity index (χ2n) is 7.30. The van der Waals surface area contributed by atoms with Crippen LogP contribution in [-0.2, 0) is 4.79 Å². The fraction of sp³-hybridized carbons (Fsp3) is 0.318. The van der Waals surface area contributed by atoms with Gasteiger partial charge in [-0.05, 0) is 26.8 Å². The van der Waals surface area contributed by atoms with Crippen LogP contribution in [0.4, 0.5) is 24.7 Å². The fourth-order valence-corrected chi connectivity index (χ4v) is 3.75. The first-order valence-electron chi connectivity index (χ1n) is 9.88. The molecule has 2 heterocycles. The lowest BCUT2D eigenvalue weighted by Gasteiger charge is -2.29. The van der Waals surface area contributed by atoms with Crippen LogP contribution in [-0.4, -0.2) is 29.0 Å². The standard InChI is InChI=1S/C22H21F3N4O2/c1-4-29-17-8-15-16(9-18(17)31-10-19(29)30)27-12(3)28-22(15)26-11(2)13-6-5-7-14(20(13)23)21(24)25/h5-9,11,21H,4,10H2,1-3H3,(H,26,27,28). The van der Waals surface area contributed by atoms with Crippen molar-refractivity contribution in [2.24, 2.45) is 0 Å². The molecular weight excluding hydrogens is 409 g/mol. The molecular formula is C22H21F3N4O2. The van der Waals surface area contributed by atoms with E-state index in [1.807, 2.05) is 6.92 Å². The Morgan fingerprint density at radius 1 is 1.23 bits per heavy atom. The number of nitrogens with one attached hydrogen (secondary N) is 1. The van der Waals surface area contributed by atoms with Crippen LogP contribution in [0.25, 0.3) is 10.9 Å². The van der Waals surface area contributed by atoms with Crippen LogP contribution in [0.1, 0.15) is 43.3 Å². The third-order valence-corrected chi connectivity index (χ3v) is 5.26. The number of hydrogen-bond donors (Lipinski definition) is 1. The van der Waals surface area contributed by atoms with Crippen LogP contribution < -0.4 is 15.0 Å². The van der Waals surface area contributed by atoms with Gasteiger partial charge < -0.3 is 15.0 Å². The van der Waals surface area contributed by atoms with Crippen LogP contribution in [0.15, 0.2) is 30.3 Å². The molecule has 1 aliphatic heterocycles. The average Bonchev–Trinajstić information content (AvgIpc) is 2.72. The molecule has 31 heavy (non-hydrogen) atoms. The summed E-state index contributed by atoms with van der Waals surface area (Å²) in [6, 6.07) is 6.78. The third-order valence-electron chi connectivity index (χ3n) is 5.26. The molecule has 1 unspecified atom stereocenters. The molecule has 0 saturated heterocycles. The maximum atomic E-state index is 14.6. The molecule has 1 atom stereocenters. The van der Waals surface area contributed by atoms with Crippen molar-refractivity contribution in [1.29, 1.82) is 0 Å². The number of carbonyl (C=O) groups excluding carboxylic acids is 1. The minimum atomic E-state index is -2.90. The maximum Gasteiger partial charge on any atom is 0.266 e. The summed E-state index contributed by atoms with van der Waals surface area (Å²) in [5.41, 5.74) is 0.653. The van der Waals surface area contributed by atoms with E-state index in [4.69, 9.17) is 4.74 Å². The number of carbonyl (C=O) groups is 1. The zero-order valence-electron chi connectivity index (χ0n) is 17.2. The lowest BCUT2D eigenvalue weighted by atomic mass is 10.0. The highest BCUT2D eigenvalue weighted by Crippen LogP contribution is 2.38. The number of alkyl halides is 2. The van der Waals surface area contributed by atoms with Crippen molar-refractivity contribution in [2.45, 2.75) is 33.2 Å². The summed E-state index contributed by atoms with van der Waals surface area (Å²) >= 11 is 0. The van der Waals surface area contributed by atoms with Crippen LogP contribution in [0.3, 0.4) is 0 Å². The van der Waals surface area contributed by atoms with Gasteiger partial charge in [-0.3, -0.25) is 4.79 Å². The van der Waals surface area contributed by atoms with Crippen LogP contribution in [0, 0.1) is 12.7 Å². The SMILES string of the molecule is CCN1C(=O)COc2cc3nc(C)nc(NC(C)c4cccc(C(F)F)c4F)c3cc21. The normalized spacial score (nSPS) is 14.5. The Balaban J connectivity index is 1.78. The van der Waals surface area contributed by atoms with Crippen molar-refractivity contribution in [3.63, 3.8) is 0 Å². The molecule has 0 bridgehead atoms. The highest BCUT2D eigenvalue weighted by molar-refractivity contribution is 6.02. The van der Waals surface area contributed by atoms with Crippen molar-refractivity contribution >= 4 is 28.3 Å². The number of hydrogen-bond acceptors (Lipinski definition) is 5. The Labute approximate surface area is 177 Å². The zero-order valence-corrected chi connectivity index (χ0v) is 17.2. The van der Waals surface area contributed by atoms with E-state index < -0.39 is 23.8 Å². The van der Waals surface area contributed by atoms with Crippen molar-refractivity contribution in [2.75, 3.05) is 23.4 Å². The highest BCUT2D eigenvalue weighted by atomic mass is 19.3. The molecule has 1 aromatic heterocycles. The summed E-state index contributed by atoms with van der Waals surface area (Å²) in [4.78, 5) is 22.7. The number of nitrogens with zero attached hydrogens (tertiary/aromatic N) is 3. The molecule has 0 spiro atoms. The monoisotopic (exact) mass is 430 g/mol. The number of aryl methyl sites for hydroxylation is 1. The predicted molar refractivity (Wildman–Crippen MR) is 111 cm³/mol. The van der Waals surface area contributed by atoms with E-state index in [9.17, 15) is 18.0 Å². The lowest BCUT2D eigenvalue weighted by molar-refractivity contribution is -0.121. The van der Waals surface area contributed by atoms with Crippen LogP contribution in [0.2, 0.25) is 0 Å². The number of amides is 1. The number of aromatic nitrogens is 2. The lowest BCUT2D eigenvalue weighted by Crippen LogP contribution is -2.38. The molecule has 1 N–H and O–H groups in total. The summed E-state index contributed by atoms with van der Waals surface area (Å²) < 4.78 is 46.4. The molecule has 1 aliphatic rings. The first-order chi connectivity index (χ1) is 14.8. The van der Waals surface area contributed by atoms with Gasteiger partial charge in [0.2, 0.25) is 0 Å². The summed E-state index contributed by atoms with van der Waals surface area (Å²) in [5.74, 6) is 0.330. The van der Waals surface area contributed by atoms with Gasteiger partial charge in [-0.15, -0.1) is 0 Å². The van der Waals surface area contributed by atoms with E-state index in [0.29, 0.717) is 40.5 Å². The summed E-state index contributed by atoms with van der Waals surface area (Å²) in [5, 5.41) is 3.73. The van der Waals surface area contributed by atoms with E-state index in [-0.39, 0.29) is 18.1 Å². The number of halogens is 3. The van der Waals surface area contributed by atoms with Crippen LogP contribution in [0.5, 0.6) is 5.75 Å². The van der Waals surface area contributed by atoms with E-state index >= 15 is 0 Å². The Morgan fingerprint density at radius 2 is 1.97 bits per heavy atom. The van der Waals surface area contributed by atoms with E-state index in [1.54, 1.807) is 30.9 Å². The second kappa shape index (κ2) is 8.05. The fourth-order valence-electron chi connectivity index (χ4n) is 3.75. The minimum absolute atomic E-state index is 0.0433. The maximum absolute atomic E-state index is 14.6. The predicted octanol–water partition coefficient (Wildman–Crippen LogP) is 4.93. The van der Waals surface area contributed by atoms with Gasteiger partial charge in [-0.2, -0.15) is 0 Å². The number of fused-ring (bicyclic) bond motifs is 2. The molecule has 2 aromatic carbocycles. The van der Waals surface area contributed by atoms with E-state index in [2.05, 4.69) is 15.3 Å². The van der Waals surface area contributed by atoms with Gasteiger partial charge in [0, 0.05) is 23.6 Å². The number of ether oxygens (including phenoxy) is 1. The van der Waals surface area contributed by atoms with Crippen molar-refractivity contribution in [3.05, 3.63) is 53.1 Å². The molecule has 3 aromatic rings. The Kier molecular flexibility index (Phi) is 5.43. The highest BCUT2D eigenvalue weighted by Gasteiger charge is 2.26. The molecule has 0 fully saturated rings. The molecule has 162 valence electrons. The van der Waals surface area contributed by atoms with Gasteiger partial charge >= 0.3 is 0 Å². The van der Waals surface area contributed by atoms with Crippen molar-refractivity contribution in [1.82, 2.24) is 9.97 Å². The molecule has 0 saturated carbocycles. The first kappa shape index (κ1) is 20.9. The Bertz CT molecular complexity index is 1170. The Morgan fingerprint density at radius 3 is 2.68 bits per heavy atom. The molecule has 1 amide bonds. The van der Waals surface area contributed by atoms with Gasteiger partial charge in [-0.25, -0.2) is 23.1 Å². The molecule has 4 rings (SSSR count). The summed E-state index contributed by atoms with van der Waals surface area (Å²) in [7, 11) is 0. The Hall–Kier alpha value is -3.36. The zero-order chi connectivity index (χ0) is 22.3. The smallest absolute Gasteiger partial charge is 0.266 e. The molecule has 0 radical (unpaired) electrons. The van der Waals surface area contributed by atoms with Crippen molar-refractivity contribution in [3.8, 4) is 5.75 Å². The quantitative estimate of drug-likeness (QED) is 0.622. The average molecular weight is 430 g/mol. The van der Waals surface area contributed by atoms with Crippen LogP contribution >= 0.6 is 0 Å². The van der Waals surface area contributed by atoms with E-state index in [0.717, 1.165) is 6.07 Å². The van der Waals surface area contributed by atoms with Gasteiger partial charge in [0.05, 0.1) is 22.8 Å². The summed E-state index contributed by atoms with van der Waals surface area (Å²) in [6.07, 6.45) is -2.90. The number of rotatable bonds is 5. The molecule has 9 heteroatoms. The number of anilines is 2. The minimum Gasteiger partial charge on any atom is -0.481 e. The molecule has 0 aliphatic carbocycles. The van der Waals surface area contributed by atoms with Gasteiger partial charge in [0.15, 0.2) is 6.61 Å². The topological polar surface area (TPSA) is 67.4 Å². The largest absolute Gasteiger partial charge is 0.481 e. The van der Waals surface area contributed by atoms with Gasteiger partial charge in [0.1, 0.15) is 23.2 Å². The van der Waals surface area contributed by atoms with E-state index in [1.165, 1.54) is 12.1 Å². The first-order valence-corrected chi connectivity index (χ1v) is 9.88. The van der Waals surface area contributed by atoms with Gasteiger partial charge in [0.25, 0.3) is 12.3 Å². The molecule has 6 nitrogen and oxygen atoms in total. The van der Waals surface area contributed by atoms with Gasteiger partial charge in [-0.1, -0.05) is 18.2 Å². The number of benzene rings is 2. The summed E-state index contributed by atoms with van der Waals surface area (Å²) in [6.45, 7) is 5.68. The number of likely N-dealkylation sites (N-methyl/N-ethyl adjacent to an activating group) is 1. The third kappa shape index (κ3) is 3.75.